The monoisotopic (exact) mass is 358 g/mol. The second kappa shape index (κ2) is 6.95. The smallest absolute Gasteiger partial charge is 0.223 e. The summed E-state index contributed by atoms with van der Waals surface area (Å²) in [5, 5.41) is 0. The molecule has 3 nitrogen and oxygen atoms in total. The van der Waals surface area contributed by atoms with Crippen LogP contribution >= 0.6 is 0 Å². The van der Waals surface area contributed by atoms with Crippen molar-refractivity contribution in [1.82, 2.24) is 4.90 Å². The highest BCUT2D eigenvalue weighted by Gasteiger charge is 2.46. The lowest BCUT2D eigenvalue weighted by Crippen LogP contribution is -2.49. The van der Waals surface area contributed by atoms with Gasteiger partial charge in [0.25, 0.3) is 0 Å². The van der Waals surface area contributed by atoms with Crippen LogP contribution in [0, 0.1) is 11.7 Å². The summed E-state index contributed by atoms with van der Waals surface area (Å²) in [5.41, 5.74) is 1.93. The fourth-order valence-electron chi connectivity index (χ4n) is 5.50. The molecule has 0 radical (unpaired) electrons. The molecule has 0 bridgehead atoms. The third-order valence-electron chi connectivity index (χ3n) is 7.16. The average Bonchev–Trinajstić information content (AvgIpc) is 2.76. The number of rotatable bonds is 1. The van der Waals surface area contributed by atoms with Crippen LogP contribution in [0.3, 0.4) is 0 Å². The van der Waals surface area contributed by atoms with Gasteiger partial charge in [-0.2, -0.15) is 0 Å². The number of nitrogens with zero attached hydrogens (tertiary/aromatic N) is 2. The number of hydrogen-bond acceptors (Lipinski definition) is 2. The van der Waals surface area contributed by atoms with Gasteiger partial charge in [-0.1, -0.05) is 19.8 Å². The molecule has 2 fully saturated rings. The lowest BCUT2D eigenvalue weighted by Gasteiger charge is -2.43. The molecular weight excluding hydrogens is 327 g/mol. The number of amides is 1. The van der Waals surface area contributed by atoms with E-state index in [4.69, 9.17) is 0 Å². The van der Waals surface area contributed by atoms with E-state index < -0.39 is 0 Å². The van der Waals surface area contributed by atoms with Crippen molar-refractivity contribution in [3.8, 4) is 0 Å². The summed E-state index contributed by atoms with van der Waals surface area (Å²) in [5.74, 6) is 0.744. The van der Waals surface area contributed by atoms with Crippen LogP contribution in [-0.4, -0.2) is 36.5 Å². The van der Waals surface area contributed by atoms with Gasteiger partial charge in [0, 0.05) is 30.6 Å². The molecule has 3 aliphatic rings. The van der Waals surface area contributed by atoms with Crippen molar-refractivity contribution in [2.75, 3.05) is 24.5 Å². The van der Waals surface area contributed by atoms with Gasteiger partial charge < -0.3 is 9.80 Å². The Labute approximate surface area is 156 Å². The number of anilines is 1. The maximum Gasteiger partial charge on any atom is 0.223 e. The molecule has 4 heteroatoms. The summed E-state index contributed by atoms with van der Waals surface area (Å²) in [6, 6.07) is 5.67. The number of carbonyl (C=O) groups is 1. The van der Waals surface area contributed by atoms with Gasteiger partial charge in [0.2, 0.25) is 5.91 Å². The lowest BCUT2D eigenvalue weighted by atomic mass is 9.74. The molecular formula is C22H31FN2O. The highest BCUT2D eigenvalue weighted by molar-refractivity contribution is 5.94. The van der Waals surface area contributed by atoms with Crippen molar-refractivity contribution >= 4 is 11.6 Å². The van der Waals surface area contributed by atoms with Crippen LogP contribution in [0.15, 0.2) is 18.2 Å². The first-order chi connectivity index (χ1) is 12.5. The third kappa shape index (κ3) is 3.17. The molecule has 142 valence electrons. The largest absolute Gasteiger partial charge is 0.311 e. The van der Waals surface area contributed by atoms with Crippen molar-refractivity contribution in [3.63, 3.8) is 0 Å². The number of benzene rings is 1. The number of piperidine rings is 1. The summed E-state index contributed by atoms with van der Waals surface area (Å²) in [6.45, 7) is 6.86. The van der Waals surface area contributed by atoms with Crippen LogP contribution in [0.2, 0.25) is 0 Å². The minimum Gasteiger partial charge on any atom is -0.311 e. The highest BCUT2D eigenvalue weighted by Crippen LogP contribution is 2.47. The fraction of sp³-hybridized carbons (Fsp3) is 0.682. The van der Waals surface area contributed by atoms with Crippen LogP contribution in [0.4, 0.5) is 10.1 Å². The van der Waals surface area contributed by atoms with Crippen LogP contribution in [0.5, 0.6) is 0 Å². The second-order valence-corrected chi connectivity index (χ2v) is 8.85. The minimum atomic E-state index is -0.186. The van der Waals surface area contributed by atoms with Crippen molar-refractivity contribution in [3.05, 3.63) is 29.6 Å². The van der Waals surface area contributed by atoms with Crippen molar-refractivity contribution in [2.24, 2.45) is 5.92 Å². The molecule has 0 N–H and O–H groups in total. The maximum atomic E-state index is 14.0. The van der Waals surface area contributed by atoms with Gasteiger partial charge in [-0.15, -0.1) is 0 Å². The van der Waals surface area contributed by atoms with Crippen LogP contribution in [-0.2, 0) is 10.2 Å². The summed E-state index contributed by atoms with van der Waals surface area (Å²) in [6.07, 6.45) is 8.76. The first kappa shape index (κ1) is 18.0. The SMILES string of the molecule is CC(=O)N1CC2(CCN(C3CCC[C@H](C)CC3)CC2)c2cc(F)ccc21. The Morgan fingerprint density at radius 1 is 1.15 bits per heavy atom. The Morgan fingerprint density at radius 2 is 1.92 bits per heavy atom. The van der Waals surface area contributed by atoms with E-state index in [1.165, 1.54) is 38.2 Å². The Kier molecular flexibility index (Phi) is 4.81. The van der Waals surface area contributed by atoms with Crippen molar-refractivity contribution in [1.29, 1.82) is 0 Å². The molecule has 1 amide bonds. The van der Waals surface area contributed by atoms with Gasteiger partial charge >= 0.3 is 0 Å². The number of hydrogen-bond donors (Lipinski definition) is 0. The molecule has 2 heterocycles. The average molecular weight is 359 g/mol. The van der Waals surface area contributed by atoms with E-state index in [1.54, 1.807) is 19.1 Å². The molecule has 1 spiro atoms. The summed E-state index contributed by atoms with van der Waals surface area (Å²) in [7, 11) is 0. The number of carbonyl (C=O) groups excluding carboxylic acids is 1. The van der Waals surface area contributed by atoms with Gasteiger partial charge in [0.05, 0.1) is 0 Å². The summed E-state index contributed by atoms with van der Waals surface area (Å²) in [4.78, 5) is 16.7. The van der Waals surface area contributed by atoms with Gasteiger partial charge in [0.1, 0.15) is 5.82 Å². The molecule has 1 saturated carbocycles. The van der Waals surface area contributed by atoms with E-state index in [1.807, 2.05) is 4.90 Å². The van der Waals surface area contributed by atoms with E-state index >= 15 is 0 Å². The van der Waals surface area contributed by atoms with Crippen LogP contribution in [0.1, 0.15) is 64.4 Å². The maximum absolute atomic E-state index is 14.0. The zero-order chi connectivity index (χ0) is 18.3. The predicted molar refractivity (Wildman–Crippen MR) is 103 cm³/mol. The normalized spacial score (nSPS) is 28.8. The zero-order valence-corrected chi connectivity index (χ0v) is 16.1. The zero-order valence-electron chi connectivity index (χ0n) is 16.1. The molecule has 4 rings (SSSR count). The summed E-state index contributed by atoms with van der Waals surface area (Å²) >= 11 is 0. The second-order valence-electron chi connectivity index (χ2n) is 8.85. The Morgan fingerprint density at radius 3 is 2.65 bits per heavy atom. The predicted octanol–water partition coefficient (Wildman–Crippen LogP) is 4.49. The third-order valence-corrected chi connectivity index (χ3v) is 7.16. The molecule has 2 atom stereocenters. The van der Waals surface area contributed by atoms with E-state index in [9.17, 15) is 9.18 Å². The molecule has 0 aromatic heterocycles. The van der Waals surface area contributed by atoms with E-state index in [-0.39, 0.29) is 17.1 Å². The van der Waals surface area contributed by atoms with E-state index in [0.717, 1.165) is 55.7 Å². The fourth-order valence-corrected chi connectivity index (χ4v) is 5.50. The molecule has 1 unspecified atom stereocenters. The van der Waals surface area contributed by atoms with Crippen molar-refractivity contribution in [2.45, 2.75) is 70.3 Å². The quantitative estimate of drug-likeness (QED) is 0.690. The Hall–Kier alpha value is -1.42. The van der Waals surface area contributed by atoms with Gasteiger partial charge in [-0.25, -0.2) is 4.39 Å². The Bertz CT molecular complexity index is 681. The van der Waals surface area contributed by atoms with Crippen LogP contribution in [0.25, 0.3) is 0 Å². The summed E-state index contributed by atoms with van der Waals surface area (Å²) < 4.78 is 14.0. The van der Waals surface area contributed by atoms with Crippen molar-refractivity contribution < 1.29 is 9.18 Å². The van der Waals surface area contributed by atoms with E-state index in [0.29, 0.717) is 0 Å². The standard InChI is InChI=1S/C22H31FN2O/c1-16-4-3-5-19(8-6-16)24-12-10-22(11-13-24)15-25(17(2)26)21-9-7-18(23)14-20(21)22/h7,9,14,16,19H,3-6,8,10-13,15H2,1-2H3/t16-,19?/m0/s1. The molecule has 1 saturated heterocycles. The lowest BCUT2D eigenvalue weighted by molar-refractivity contribution is -0.116. The highest BCUT2D eigenvalue weighted by atomic mass is 19.1. The first-order valence-corrected chi connectivity index (χ1v) is 10.3. The molecule has 1 aliphatic carbocycles. The Balaban J connectivity index is 1.52. The number of halogens is 1. The number of likely N-dealkylation sites (tertiary alicyclic amines) is 1. The minimum absolute atomic E-state index is 0.0579. The first-order valence-electron chi connectivity index (χ1n) is 10.3. The molecule has 1 aromatic carbocycles. The topological polar surface area (TPSA) is 23.6 Å². The van der Waals surface area contributed by atoms with E-state index in [2.05, 4.69) is 11.8 Å². The van der Waals surface area contributed by atoms with Gasteiger partial charge in [0.15, 0.2) is 0 Å². The molecule has 2 aliphatic heterocycles. The van der Waals surface area contributed by atoms with Crippen LogP contribution < -0.4 is 4.90 Å². The number of fused-ring (bicyclic) bond motifs is 2. The molecule has 26 heavy (non-hydrogen) atoms. The van der Waals surface area contributed by atoms with Gasteiger partial charge in [-0.05, 0) is 74.9 Å². The molecule has 1 aromatic rings. The van der Waals surface area contributed by atoms with Gasteiger partial charge in [-0.3, -0.25) is 4.79 Å².